The van der Waals surface area contributed by atoms with E-state index in [2.05, 4.69) is 12.8 Å². The van der Waals surface area contributed by atoms with Crippen molar-refractivity contribution in [1.29, 1.82) is 0 Å². The summed E-state index contributed by atoms with van der Waals surface area (Å²) >= 11 is 0. The van der Waals surface area contributed by atoms with Crippen LogP contribution in [0.5, 0.6) is 0 Å². The molecular weight excluding hydrogens is 114 g/mol. The molecule has 0 aromatic carbocycles. The summed E-state index contributed by atoms with van der Waals surface area (Å²) in [7, 11) is 0. The minimum Gasteiger partial charge on any atom is -0.367 e. The van der Waals surface area contributed by atoms with Crippen LogP contribution in [0.25, 0.3) is 0 Å². The Morgan fingerprint density at radius 3 is 3.00 bits per heavy atom. The van der Waals surface area contributed by atoms with Crippen LogP contribution in [0.3, 0.4) is 0 Å². The first-order valence-corrected chi connectivity index (χ1v) is 3.19. The maximum absolute atomic E-state index is 8.99. The average Bonchev–Trinajstić information content (AvgIpc) is 2.64. The van der Waals surface area contributed by atoms with Crippen molar-refractivity contribution in [3.63, 3.8) is 0 Å². The summed E-state index contributed by atoms with van der Waals surface area (Å²) in [4.78, 5) is 1.89. The van der Waals surface area contributed by atoms with E-state index in [1.54, 1.807) is 0 Å². The molecule has 3 atom stereocenters. The lowest BCUT2D eigenvalue weighted by atomic mass is 10.4. The highest BCUT2D eigenvalue weighted by molar-refractivity contribution is 5.02. The SMILES string of the molecule is C#CC(O)N1CC1CC. The first-order valence-electron chi connectivity index (χ1n) is 3.19. The molecule has 2 heteroatoms. The maximum Gasteiger partial charge on any atom is 0.170 e. The van der Waals surface area contributed by atoms with Crippen LogP contribution in [-0.4, -0.2) is 28.8 Å². The molecule has 0 aliphatic carbocycles. The van der Waals surface area contributed by atoms with E-state index in [-0.39, 0.29) is 0 Å². The normalized spacial score (nSPS) is 35.2. The zero-order chi connectivity index (χ0) is 6.85. The molecule has 1 aliphatic rings. The molecule has 0 amide bonds. The third-order valence-electron chi connectivity index (χ3n) is 1.69. The molecule has 9 heavy (non-hydrogen) atoms. The van der Waals surface area contributed by atoms with Gasteiger partial charge in [0.15, 0.2) is 6.23 Å². The van der Waals surface area contributed by atoms with Gasteiger partial charge in [-0.05, 0) is 6.42 Å². The van der Waals surface area contributed by atoms with Gasteiger partial charge in [0.1, 0.15) is 0 Å². The summed E-state index contributed by atoms with van der Waals surface area (Å²) < 4.78 is 0. The summed E-state index contributed by atoms with van der Waals surface area (Å²) in [6.45, 7) is 3.05. The van der Waals surface area contributed by atoms with Gasteiger partial charge in [0.2, 0.25) is 0 Å². The number of nitrogens with zero attached hydrogens (tertiary/aromatic N) is 1. The summed E-state index contributed by atoms with van der Waals surface area (Å²) in [5.41, 5.74) is 0. The maximum atomic E-state index is 8.99. The zero-order valence-electron chi connectivity index (χ0n) is 5.54. The largest absolute Gasteiger partial charge is 0.367 e. The van der Waals surface area contributed by atoms with E-state index in [9.17, 15) is 0 Å². The van der Waals surface area contributed by atoms with Crippen LogP contribution in [0.1, 0.15) is 13.3 Å². The fourth-order valence-electron chi connectivity index (χ4n) is 0.955. The van der Waals surface area contributed by atoms with E-state index in [1.807, 2.05) is 4.90 Å². The Labute approximate surface area is 55.5 Å². The molecule has 1 aliphatic heterocycles. The van der Waals surface area contributed by atoms with E-state index < -0.39 is 6.23 Å². The van der Waals surface area contributed by atoms with Crippen LogP contribution in [0.2, 0.25) is 0 Å². The molecule has 1 saturated heterocycles. The van der Waals surface area contributed by atoms with Gasteiger partial charge >= 0.3 is 0 Å². The Morgan fingerprint density at radius 1 is 2.00 bits per heavy atom. The predicted molar refractivity (Wildman–Crippen MR) is 35.6 cm³/mol. The van der Waals surface area contributed by atoms with Gasteiger partial charge in [-0.3, -0.25) is 4.90 Å². The highest BCUT2D eigenvalue weighted by Crippen LogP contribution is 2.21. The molecule has 0 aromatic heterocycles. The number of aliphatic hydroxyl groups is 1. The molecule has 1 fully saturated rings. The fourth-order valence-corrected chi connectivity index (χ4v) is 0.955. The van der Waals surface area contributed by atoms with Gasteiger partial charge in [-0.1, -0.05) is 12.8 Å². The van der Waals surface area contributed by atoms with E-state index in [0.717, 1.165) is 13.0 Å². The lowest BCUT2D eigenvalue weighted by Gasteiger charge is -2.02. The van der Waals surface area contributed by atoms with Gasteiger partial charge in [0, 0.05) is 12.6 Å². The molecule has 0 aromatic rings. The molecule has 1 N–H and O–H groups in total. The molecule has 0 bridgehead atoms. The minimum atomic E-state index is -0.644. The van der Waals surface area contributed by atoms with Crippen LogP contribution < -0.4 is 0 Å². The monoisotopic (exact) mass is 125 g/mol. The summed E-state index contributed by atoms with van der Waals surface area (Å²) in [6.07, 6.45) is 5.43. The molecule has 2 nitrogen and oxygen atoms in total. The average molecular weight is 125 g/mol. The van der Waals surface area contributed by atoms with E-state index in [0.29, 0.717) is 6.04 Å². The Balaban J connectivity index is 2.27. The molecule has 0 saturated carbocycles. The molecular formula is C7H11NO. The van der Waals surface area contributed by atoms with E-state index >= 15 is 0 Å². The standard InChI is InChI=1S/C7H11NO/c1-3-6-5-8(6)7(9)4-2/h2,6-7,9H,3,5H2,1H3. The molecule has 0 spiro atoms. The van der Waals surface area contributed by atoms with Gasteiger partial charge in [-0.2, -0.15) is 0 Å². The smallest absolute Gasteiger partial charge is 0.170 e. The van der Waals surface area contributed by atoms with Crippen molar-refractivity contribution in [2.75, 3.05) is 6.54 Å². The second-order valence-corrected chi connectivity index (χ2v) is 2.30. The number of hydrogen-bond donors (Lipinski definition) is 1. The Bertz CT molecular complexity index is 138. The Hall–Kier alpha value is -0.520. The highest BCUT2D eigenvalue weighted by atomic mass is 16.3. The van der Waals surface area contributed by atoms with Crippen molar-refractivity contribution in [2.45, 2.75) is 25.6 Å². The summed E-state index contributed by atoms with van der Waals surface area (Å²) in [5.74, 6) is 2.27. The van der Waals surface area contributed by atoms with Crippen LogP contribution in [0.15, 0.2) is 0 Å². The second-order valence-electron chi connectivity index (χ2n) is 2.30. The number of rotatable bonds is 2. The van der Waals surface area contributed by atoms with E-state index in [1.165, 1.54) is 0 Å². The first-order chi connectivity index (χ1) is 4.29. The molecule has 0 radical (unpaired) electrons. The zero-order valence-corrected chi connectivity index (χ0v) is 5.54. The van der Waals surface area contributed by atoms with Crippen molar-refractivity contribution < 1.29 is 5.11 Å². The topological polar surface area (TPSA) is 23.2 Å². The van der Waals surface area contributed by atoms with Crippen LogP contribution in [0.4, 0.5) is 0 Å². The Kier molecular flexibility index (Phi) is 1.75. The molecule has 3 unspecified atom stereocenters. The third-order valence-corrected chi connectivity index (χ3v) is 1.69. The van der Waals surface area contributed by atoms with Crippen LogP contribution >= 0.6 is 0 Å². The van der Waals surface area contributed by atoms with Gasteiger partial charge in [-0.15, -0.1) is 6.42 Å². The number of terminal acetylenes is 1. The summed E-state index contributed by atoms with van der Waals surface area (Å²) in [6, 6.07) is 0.538. The van der Waals surface area contributed by atoms with Crippen LogP contribution in [0, 0.1) is 12.3 Å². The molecule has 1 rings (SSSR count). The molecule has 1 heterocycles. The van der Waals surface area contributed by atoms with Crippen LogP contribution in [-0.2, 0) is 0 Å². The second kappa shape index (κ2) is 2.38. The quantitative estimate of drug-likeness (QED) is 0.416. The van der Waals surface area contributed by atoms with Crippen molar-refractivity contribution in [3.8, 4) is 12.3 Å². The van der Waals surface area contributed by atoms with Gasteiger partial charge in [-0.25, -0.2) is 0 Å². The lowest BCUT2D eigenvalue weighted by molar-refractivity contribution is 0.126. The van der Waals surface area contributed by atoms with Gasteiger partial charge in [0.05, 0.1) is 0 Å². The number of hydrogen-bond acceptors (Lipinski definition) is 2. The highest BCUT2D eigenvalue weighted by Gasteiger charge is 2.36. The van der Waals surface area contributed by atoms with E-state index in [4.69, 9.17) is 11.5 Å². The van der Waals surface area contributed by atoms with Gasteiger partial charge in [0.25, 0.3) is 0 Å². The van der Waals surface area contributed by atoms with Crippen molar-refractivity contribution in [1.82, 2.24) is 4.90 Å². The number of aliphatic hydroxyl groups excluding tert-OH is 1. The predicted octanol–water partition coefficient (Wildman–Crippen LogP) is 0.0322. The van der Waals surface area contributed by atoms with Gasteiger partial charge < -0.3 is 5.11 Å². The lowest BCUT2D eigenvalue weighted by Crippen LogP contribution is -2.16. The first kappa shape index (κ1) is 6.60. The van der Waals surface area contributed by atoms with Crippen molar-refractivity contribution in [3.05, 3.63) is 0 Å². The Morgan fingerprint density at radius 2 is 2.67 bits per heavy atom. The fraction of sp³-hybridized carbons (Fsp3) is 0.714. The summed E-state index contributed by atoms with van der Waals surface area (Å²) in [5, 5.41) is 8.99. The van der Waals surface area contributed by atoms with Crippen molar-refractivity contribution >= 4 is 0 Å². The van der Waals surface area contributed by atoms with Crippen molar-refractivity contribution in [2.24, 2.45) is 0 Å². The molecule has 50 valence electrons. The third kappa shape index (κ3) is 1.24. The minimum absolute atomic E-state index is 0.538.